The van der Waals surface area contributed by atoms with Crippen molar-refractivity contribution in [2.24, 2.45) is 0 Å². The zero-order valence-corrected chi connectivity index (χ0v) is 15.9. The van der Waals surface area contributed by atoms with Crippen molar-refractivity contribution in [1.82, 2.24) is 24.6 Å². The lowest BCUT2D eigenvalue weighted by Gasteiger charge is -2.35. The van der Waals surface area contributed by atoms with E-state index in [1.54, 1.807) is 6.07 Å². The molecule has 0 radical (unpaired) electrons. The first-order valence-electron chi connectivity index (χ1n) is 9.04. The van der Waals surface area contributed by atoms with Crippen molar-refractivity contribution in [3.63, 3.8) is 0 Å². The normalized spacial score (nSPS) is 15.9. The summed E-state index contributed by atoms with van der Waals surface area (Å²) in [6, 6.07) is 12.5. The van der Waals surface area contributed by atoms with Crippen LogP contribution in [0.1, 0.15) is 25.7 Å². The highest BCUT2D eigenvalue weighted by atomic mass is 35.5. The van der Waals surface area contributed by atoms with Gasteiger partial charge in [-0.2, -0.15) is 0 Å². The molecule has 1 fully saturated rings. The molecule has 2 aromatic heterocycles. The van der Waals surface area contributed by atoms with Crippen LogP contribution < -0.4 is 4.90 Å². The first-order valence-corrected chi connectivity index (χ1v) is 9.42. The fourth-order valence-corrected chi connectivity index (χ4v) is 3.70. The summed E-state index contributed by atoms with van der Waals surface area (Å²) in [6.07, 6.45) is 0. The topological polar surface area (TPSA) is 50.1 Å². The molecule has 3 heterocycles. The van der Waals surface area contributed by atoms with E-state index in [9.17, 15) is 0 Å². The van der Waals surface area contributed by atoms with E-state index in [0.717, 1.165) is 49.9 Å². The van der Waals surface area contributed by atoms with E-state index in [2.05, 4.69) is 62.7 Å². The van der Waals surface area contributed by atoms with Gasteiger partial charge in [0.05, 0.1) is 17.6 Å². The number of hydrogen-bond donors (Lipinski definition) is 0. The van der Waals surface area contributed by atoms with Gasteiger partial charge in [-0.25, -0.2) is 4.98 Å². The summed E-state index contributed by atoms with van der Waals surface area (Å²) < 4.78 is 2.35. The standard InChI is InChI=1S/C19H23ClN6/c1-14(2)26-16-6-4-3-5-15(16)21-19(26)13-24-9-11-25(12-10-24)18-8-7-17(20)22-23-18/h3-8,14H,9-13H2,1-2H3. The van der Waals surface area contributed by atoms with E-state index in [1.165, 1.54) is 5.52 Å². The zero-order chi connectivity index (χ0) is 18.1. The molecule has 136 valence electrons. The number of rotatable bonds is 4. The van der Waals surface area contributed by atoms with E-state index >= 15 is 0 Å². The third kappa shape index (κ3) is 3.39. The average Bonchev–Trinajstić information content (AvgIpc) is 3.01. The van der Waals surface area contributed by atoms with Gasteiger partial charge < -0.3 is 9.47 Å². The van der Waals surface area contributed by atoms with Gasteiger partial charge in [0.15, 0.2) is 11.0 Å². The van der Waals surface area contributed by atoms with Crippen molar-refractivity contribution in [2.75, 3.05) is 31.1 Å². The lowest BCUT2D eigenvalue weighted by atomic mass is 10.3. The van der Waals surface area contributed by atoms with E-state index < -0.39 is 0 Å². The van der Waals surface area contributed by atoms with Gasteiger partial charge in [0.2, 0.25) is 0 Å². The highest BCUT2D eigenvalue weighted by molar-refractivity contribution is 6.29. The Morgan fingerprint density at radius 2 is 1.77 bits per heavy atom. The van der Waals surface area contributed by atoms with E-state index in [1.807, 2.05) is 6.07 Å². The number of hydrogen-bond acceptors (Lipinski definition) is 5. The second-order valence-corrected chi connectivity index (χ2v) is 7.35. The maximum Gasteiger partial charge on any atom is 0.151 e. The van der Waals surface area contributed by atoms with Gasteiger partial charge in [-0.05, 0) is 38.1 Å². The van der Waals surface area contributed by atoms with Crippen LogP contribution in [-0.4, -0.2) is 50.8 Å². The van der Waals surface area contributed by atoms with Crippen LogP contribution in [0.4, 0.5) is 5.82 Å². The van der Waals surface area contributed by atoms with Crippen LogP contribution in [0, 0.1) is 0 Å². The molecule has 1 saturated heterocycles. The first kappa shape index (κ1) is 17.2. The second-order valence-electron chi connectivity index (χ2n) is 6.96. The second kappa shape index (κ2) is 7.21. The molecule has 3 aromatic rings. The fourth-order valence-electron chi connectivity index (χ4n) is 3.59. The van der Waals surface area contributed by atoms with Gasteiger partial charge in [0.1, 0.15) is 5.82 Å². The summed E-state index contributed by atoms with van der Waals surface area (Å²) in [4.78, 5) is 9.60. The fraction of sp³-hybridized carbons (Fsp3) is 0.421. The van der Waals surface area contributed by atoms with Gasteiger partial charge in [0, 0.05) is 32.2 Å². The van der Waals surface area contributed by atoms with E-state index in [0.29, 0.717) is 11.2 Å². The SMILES string of the molecule is CC(C)n1c(CN2CCN(c3ccc(Cl)nn3)CC2)nc2ccccc21. The lowest BCUT2D eigenvalue weighted by molar-refractivity contribution is 0.239. The molecular weight excluding hydrogens is 348 g/mol. The number of imidazole rings is 1. The van der Waals surface area contributed by atoms with Crippen molar-refractivity contribution >= 4 is 28.5 Å². The Morgan fingerprint density at radius 1 is 1.00 bits per heavy atom. The van der Waals surface area contributed by atoms with Crippen molar-refractivity contribution in [3.8, 4) is 0 Å². The Kier molecular flexibility index (Phi) is 4.78. The minimum Gasteiger partial charge on any atom is -0.353 e. The molecule has 0 atom stereocenters. The van der Waals surface area contributed by atoms with Crippen molar-refractivity contribution < 1.29 is 0 Å². The van der Waals surface area contributed by atoms with Gasteiger partial charge in [-0.1, -0.05) is 23.7 Å². The minimum absolute atomic E-state index is 0.392. The van der Waals surface area contributed by atoms with Gasteiger partial charge >= 0.3 is 0 Å². The predicted molar refractivity (Wildman–Crippen MR) is 105 cm³/mol. The summed E-state index contributed by atoms with van der Waals surface area (Å²) >= 11 is 5.83. The summed E-state index contributed by atoms with van der Waals surface area (Å²) in [7, 11) is 0. The van der Waals surface area contributed by atoms with Crippen LogP contribution in [0.5, 0.6) is 0 Å². The summed E-state index contributed by atoms with van der Waals surface area (Å²) in [5.41, 5.74) is 2.29. The number of piperazine rings is 1. The average molecular weight is 371 g/mol. The van der Waals surface area contributed by atoms with Gasteiger partial charge in [0.25, 0.3) is 0 Å². The molecule has 1 aromatic carbocycles. The molecule has 0 aliphatic carbocycles. The Labute approximate surface area is 158 Å². The van der Waals surface area contributed by atoms with Crippen LogP contribution in [0.15, 0.2) is 36.4 Å². The van der Waals surface area contributed by atoms with E-state index in [-0.39, 0.29) is 0 Å². The molecule has 6 nitrogen and oxygen atoms in total. The molecule has 0 bridgehead atoms. The number of aromatic nitrogens is 4. The summed E-state index contributed by atoms with van der Waals surface area (Å²) in [5, 5.41) is 8.56. The van der Waals surface area contributed by atoms with Gasteiger partial charge in [-0.15, -0.1) is 10.2 Å². The maximum atomic E-state index is 5.83. The minimum atomic E-state index is 0.392. The monoisotopic (exact) mass is 370 g/mol. The van der Waals surface area contributed by atoms with Crippen LogP contribution in [-0.2, 0) is 6.54 Å². The molecule has 0 amide bonds. The molecule has 0 spiro atoms. The van der Waals surface area contributed by atoms with Crippen LogP contribution in [0.3, 0.4) is 0 Å². The van der Waals surface area contributed by atoms with Gasteiger partial charge in [-0.3, -0.25) is 4.90 Å². The van der Waals surface area contributed by atoms with Crippen LogP contribution in [0.25, 0.3) is 11.0 Å². The smallest absolute Gasteiger partial charge is 0.151 e. The molecular formula is C19H23ClN6. The number of para-hydroxylation sites is 2. The zero-order valence-electron chi connectivity index (χ0n) is 15.1. The van der Waals surface area contributed by atoms with Crippen LogP contribution >= 0.6 is 11.6 Å². The quantitative estimate of drug-likeness (QED) is 0.704. The summed E-state index contributed by atoms with van der Waals surface area (Å²) in [5.74, 6) is 2.03. The number of anilines is 1. The van der Waals surface area contributed by atoms with Crippen LogP contribution in [0.2, 0.25) is 5.15 Å². The van der Waals surface area contributed by atoms with Crippen molar-refractivity contribution in [3.05, 3.63) is 47.4 Å². The van der Waals surface area contributed by atoms with Crippen molar-refractivity contribution in [2.45, 2.75) is 26.4 Å². The molecule has 1 aliphatic rings. The third-order valence-corrected chi connectivity index (χ3v) is 5.07. The molecule has 7 heteroatoms. The molecule has 0 saturated carbocycles. The number of nitrogens with zero attached hydrogens (tertiary/aromatic N) is 6. The number of benzene rings is 1. The number of fused-ring (bicyclic) bond motifs is 1. The predicted octanol–water partition coefficient (Wildman–Crippen LogP) is 3.38. The van der Waals surface area contributed by atoms with Crippen molar-refractivity contribution in [1.29, 1.82) is 0 Å². The molecule has 26 heavy (non-hydrogen) atoms. The Hall–Kier alpha value is -2.18. The van der Waals surface area contributed by atoms with E-state index in [4.69, 9.17) is 16.6 Å². The Bertz CT molecular complexity index is 881. The highest BCUT2D eigenvalue weighted by Crippen LogP contribution is 2.23. The Morgan fingerprint density at radius 3 is 2.46 bits per heavy atom. The molecule has 0 N–H and O–H groups in total. The third-order valence-electron chi connectivity index (χ3n) is 4.86. The number of halogens is 1. The molecule has 1 aliphatic heterocycles. The molecule has 0 unspecified atom stereocenters. The Balaban J connectivity index is 1.47. The summed E-state index contributed by atoms with van der Waals surface area (Å²) in [6.45, 7) is 9.12. The molecule has 4 rings (SSSR count). The largest absolute Gasteiger partial charge is 0.353 e. The highest BCUT2D eigenvalue weighted by Gasteiger charge is 2.21. The maximum absolute atomic E-state index is 5.83. The lowest BCUT2D eigenvalue weighted by Crippen LogP contribution is -2.46. The first-order chi connectivity index (χ1) is 12.6.